The van der Waals surface area contributed by atoms with E-state index in [9.17, 15) is 4.79 Å². The summed E-state index contributed by atoms with van der Waals surface area (Å²) in [7, 11) is 0. The van der Waals surface area contributed by atoms with Gasteiger partial charge in [0.15, 0.2) is 11.6 Å². The number of nitrogens with zero attached hydrogens (tertiary/aromatic N) is 2. The molecule has 0 radical (unpaired) electrons. The highest BCUT2D eigenvalue weighted by molar-refractivity contribution is 5.78. The van der Waals surface area contributed by atoms with Gasteiger partial charge in [-0.3, -0.25) is 9.36 Å². The number of hydrogen-bond acceptors (Lipinski definition) is 3. The first kappa shape index (κ1) is 18.2. The van der Waals surface area contributed by atoms with Crippen molar-refractivity contribution in [2.45, 2.75) is 33.4 Å². The van der Waals surface area contributed by atoms with E-state index in [-0.39, 0.29) is 11.6 Å². The van der Waals surface area contributed by atoms with E-state index >= 15 is 0 Å². The number of furan rings is 1. The predicted molar refractivity (Wildman–Crippen MR) is 110 cm³/mol. The Kier molecular flexibility index (Phi) is 4.84. The molecule has 0 aliphatic heterocycles. The van der Waals surface area contributed by atoms with E-state index in [0.29, 0.717) is 11.9 Å². The van der Waals surface area contributed by atoms with E-state index in [1.165, 1.54) is 5.56 Å². The largest absolute Gasteiger partial charge is 0.463 e. The van der Waals surface area contributed by atoms with Crippen LogP contribution in [0.15, 0.2) is 70.1 Å². The van der Waals surface area contributed by atoms with Gasteiger partial charge in [-0.05, 0) is 56.7 Å². The van der Waals surface area contributed by atoms with Crippen molar-refractivity contribution in [1.82, 2.24) is 9.55 Å². The molecule has 142 valence electrons. The Labute approximate surface area is 163 Å². The molecule has 2 heterocycles. The third-order valence-corrected chi connectivity index (χ3v) is 5.05. The molecule has 0 unspecified atom stereocenters. The molecule has 5 heteroatoms. The summed E-state index contributed by atoms with van der Waals surface area (Å²) >= 11 is 0. The van der Waals surface area contributed by atoms with Crippen LogP contribution in [0.5, 0.6) is 0 Å². The fourth-order valence-corrected chi connectivity index (χ4v) is 3.57. The first-order chi connectivity index (χ1) is 13.5. The van der Waals surface area contributed by atoms with Gasteiger partial charge in [-0.15, -0.1) is 0 Å². The van der Waals surface area contributed by atoms with Gasteiger partial charge in [0, 0.05) is 0 Å². The number of fused-ring (bicyclic) bond motifs is 1. The summed E-state index contributed by atoms with van der Waals surface area (Å²) in [6.07, 6.45) is 1.67. The van der Waals surface area contributed by atoms with E-state index in [1.54, 1.807) is 10.8 Å². The number of hydrogen-bond donors (Lipinski definition) is 1. The zero-order chi connectivity index (χ0) is 19.7. The first-order valence-electron chi connectivity index (χ1n) is 9.49. The molecule has 1 atom stereocenters. The van der Waals surface area contributed by atoms with Crippen molar-refractivity contribution < 1.29 is 9.73 Å². The Morgan fingerprint density at radius 1 is 1.11 bits per heavy atom. The highest BCUT2D eigenvalue weighted by Crippen LogP contribution is 2.20. The van der Waals surface area contributed by atoms with Gasteiger partial charge < -0.3 is 9.73 Å². The van der Waals surface area contributed by atoms with Crippen LogP contribution >= 0.6 is 0 Å². The Morgan fingerprint density at radius 2 is 1.93 bits per heavy atom. The van der Waals surface area contributed by atoms with E-state index in [1.807, 2.05) is 55.5 Å². The molecule has 0 saturated heterocycles. The van der Waals surface area contributed by atoms with Crippen LogP contribution in [0.25, 0.3) is 16.6 Å². The lowest BCUT2D eigenvalue weighted by molar-refractivity contribution is -0.710. The third kappa shape index (κ3) is 3.37. The van der Waals surface area contributed by atoms with Crippen LogP contribution in [0.4, 0.5) is 0 Å². The topological polar surface area (TPSA) is 64.6 Å². The Hall–Kier alpha value is -3.18. The van der Waals surface area contributed by atoms with Gasteiger partial charge in [-0.1, -0.05) is 29.8 Å². The monoisotopic (exact) mass is 374 g/mol. The zero-order valence-corrected chi connectivity index (χ0v) is 16.3. The Morgan fingerprint density at radius 3 is 2.68 bits per heavy atom. The number of aryl methyl sites for hydroxylation is 2. The van der Waals surface area contributed by atoms with Gasteiger partial charge in [0.05, 0.1) is 22.9 Å². The number of aromatic nitrogens is 2. The predicted octanol–water partition coefficient (Wildman–Crippen LogP) is 3.42. The molecule has 0 aliphatic carbocycles. The van der Waals surface area contributed by atoms with Crippen LogP contribution in [-0.4, -0.2) is 9.55 Å². The smallest absolute Gasteiger partial charge is 0.266 e. The van der Waals surface area contributed by atoms with Gasteiger partial charge >= 0.3 is 0 Å². The molecule has 0 bridgehead atoms. The van der Waals surface area contributed by atoms with Gasteiger partial charge in [0.2, 0.25) is 0 Å². The lowest BCUT2D eigenvalue weighted by Crippen LogP contribution is -2.83. The first-order valence-corrected chi connectivity index (χ1v) is 9.49. The van der Waals surface area contributed by atoms with Crippen molar-refractivity contribution in [2.24, 2.45) is 0 Å². The Balaban J connectivity index is 1.87. The summed E-state index contributed by atoms with van der Waals surface area (Å²) in [5.74, 6) is 1.63. The number of nitrogens with two attached hydrogens (primary N) is 1. The van der Waals surface area contributed by atoms with Crippen molar-refractivity contribution in [3.63, 3.8) is 0 Å². The second-order valence-corrected chi connectivity index (χ2v) is 7.23. The van der Waals surface area contributed by atoms with Gasteiger partial charge in [-0.25, -0.2) is 4.98 Å². The highest BCUT2D eigenvalue weighted by Gasteiger charge is 2.21. The molecule has 4 aromatic rings. The van der Waals surface area contributed by atoms with Gasteiger partial charge in [0.1, 0.15) is 12.6 Å². The number of para-hydroxylation sites is 1. The van der Waals surface area contributed by atoms with Crippen LogP contribution in [-0.2, 0) is 6.54 Å². The lowest BCUT2D eigenvalue weighted by Gasteiger charge is -2.19. The highest BCUT2D eigenvalue weighted by atomic mass is 16.3. The molecule has 0 saturated carbocycles. The number of quaternary nitrogens is 1. The van der Waals surface area contributed by atoms with Crippen LogP contribution in [0.1, 0.15) is 35.7 Å². The second-order valence-electron chi connectivity index (χ2n) is 7.23. The minimum atomic E-state index is -0.0363. The van der Waals surface area contributed by atoms with Crippen molar-refractivity contribution >= 4 is 10.9 Å². The second kappa shape index (κ2) is 7.44. The normalized spacial score (nSPS) is 12.4. The van der Waals surface area contributed by atoms with Crippen LogP contribution in [0.2, 0.25) is 0 Å². The average molecular weight is 374 g/mol. The third-order valence-electron chi connectivity index (χ3n) is 5.05. The summed E-state index contributed by atoms with van der Waals surface area (Å²) in [5, 5.41) is 2.76. The van der Waals surface area contributed by atoms with Crippen molar-refractivity contribution in [3.05, 3.63) is 93.9 Å². The molecule has 0 amide bonds. The molecular weight excluding hydrogens is 350 g/mol. The SMILES string of the molecule is Cc1ccc(-n2c([C@H](C)[NH2+]Cc3ccco3)nc3ccccc3c2=O)c(C)c1. The van der Waals surface area contributed by atoms with Crippen molar-refractivity contribution in [3.8, 4) is 5.69 Å². The molecule has 28 heavy (non-hydrogen) atoms. The maximum absolute atomic E-state index is 13.4. The van der Waals surface area contributed by atoms with Crippen LogP contribution in [0, 0.1) is 13.8 Å². The standard InChI is InChI=1S/C23H23N3O2/c1-15-10-11-21(16(2)13-15)26-22(17(3)24-14-18-7-6-12-28-18)25-20-9-5-4-8-19(20)23(26)27/h4-13,17,24H,14H2,1-3H3/p+1/t17-/m0/s1. The fraction of sp³-hybridized carbons (Fsp3) is 0.217. The van der Waals surface area contributed by atoms with Crippen LogP contribution < -0.4 is 10.9 Å². The quantitative estimate of drug-likeness (QED) is 0.582. The van der Waals surface area contributed by atoms with Gasteiger partial charge in [0.25, 0.3) is 5.56 Å². The summed E-state index contributed by atoms with van der Waals surface area (Å²) in [6, 6.07) is 17.5. The summed E-state index contributed by atoms with van der Waals surface area (Å²) in [4.78, 5) is 18.3. The Bertz CT molecular complexity index is 1180. The molecule has 5 nitrogen and oxygen atoms in total. The molecule has 2 N–H and O–H groups in total. The van der Waals surface area contributed by atoms with E-state index in [0.717, 1.165) is 28.4 Å². The summed E-state index contributed by atoms with van der Waals surface area (Å²) in [6.45, 7) is 6.84. The van der Waals surface area contributed by atoms with Gasteiger partial charge in [-0.2, -0.15) is 0 Å². The van der Waals surface area contributed by atoms with E-state index in [2.05, 4.69) is 25.2 Å². The minimum Gasteiger partial charge on any atom is -0.463 e. The van der Waals surface area contributed by atoms with E-state index < -0.39 is 0 Å². The van der Waals surface area contributed by atoms with E-state index in [4.69, 9.17) is 9.40 Å². The van der Waals surface area contributed by atoms with Crippen molar-refractivity contribution in [1.29, 1.82) is 0 Å². The summed E-state index contributed by atoms with van der Waals surface area (Å²) < 4.78 is 7.21. The number of benzene rings is 2. The molecule has 2 aromatic carbocycles. The molecule has 0 fully saturated rings. The summed E-state index contributed by atoms with van der Waals surface area (Å²) in [5.41, 5.74) is 3.79. The molecular formula is C23H24N3O2+. The van der Waals surface area contributed by atoms with Crippen LogP contribution in [0.3, 0.4) is 0 Å². The lowest BCUT2D eigenvalue weighted by atomic mass is 10.1. The average Bonchev–Trinajstić information content (AvgIpc) is 3.20. The minimum absolute atomic E-state index is 0.0249. The zero-order valence-electron chi connectivity index (χ0n) is 16.3. The molecule has 2 aromatic heterocycles. The maximum Gasteiger partial charge on any atom is 0.266 e. The van der Waals surface area contributed by atoms with Crippen molar-refractivity contribution in [2.75, 3.05) is 0 Å². The molecule has 4 rings (SSSR count). The molecule has 0 spiro atoms. The fourth-order valence-electron chi connectivity index (χ4n) is 3.57. The number of rotatable bonds is 5. The maximum atomic E-state index is 13.4. The molecule has 0 aliphatic rings.